The van der Waals surface area contributed by atoms with Gasteiger partial charge in [-0.3, -0.25) is 9.69 Å². The first-order valence-corrected chi connectivity index (χ1v) is 14.8. The number of carbonyl (C=O) groups is 1. The summed E-state index contributed by atoms with van der Waals surface area (Å²) < 4.78 is 11.7. The summed E-state index contributed by atoms with van der Waals surface area (Å²) in [6.07, 6.45) is 9.61. The van der Waals surface area contributed by atoms with Gasteiger partial charge in [-0.15, -0.1) is 0 Å². The molecule has 4 saturated carbocycles. The zero-order valence-electron chi connectivity index (χ0n) is 23.3. The molecule has 0 spiro atoms. The van der Waals surface area contributed by atoms with Crippen molar-refractivity contribution < 1.29 is 14.3 Å². The minimum Gasteiger partial charge on any atom is -0.493 e. The van der Waals surface area contributed by atoms with Crippen LogP contribution in [0.1, 0.15) is 60.9 Å². The number of hydrogen-bond acceptors (Lipinski definition) is 6. The van der Waals surface area contributed by atoms with E-state index in [0.29, 0.717) is 6.61 Å². The molecule has 40 heavy (non-hydrogen) atoms. The van der Waals surface area contributed by atoms with E-state index in [4.69, 9.17) is 9.47 Å². The molecule has 5 aliphatic rings. The van der Waals surface area contributed by atoms with Gasteiger partial charge in [0.25, 0.3) is 0 Å². The van der Waals surface area contributed by atoms with Gasteiger partial charge < -0.3 is 14.8 Å². The molecule has 3 aromatic rings. The van der Waals surface area contributed by atoms with E-state index >= 15 is 0 Å². The van der Waals surface area contributed by atoms with Gasteiger partial charge in [0.05, 0.1) is 18.2 Å². The first-order chi connectivity index (χ1) is 19.6. The van der Waals surface area contributed by atoms with Crippen molar-refractivity contribution >= 4 is 11.7 Å². The SMILES string of the molecule is COc1ccc(CN2CCc3c(ncnc3NC(=O)C34CC5CC(CC(C5)C3)C4)C2)cc1OCc1ccccc1. The molecule has 0 saturated heterocycles. The van der Waals surface area contributed by atoms with Crippen LogP contribution in [0.5, 0.6) is 11.5 Å². The maximum absolute atomic E-state index is 13.7. The number of hydrogen-bond donors (Lipinski definition) is 1. The number of nitrogens with one attached hydrogen (secondary N) is 1. The molecule has 4 fully saturated rings. The van der Waals surface area contributed by atoms with E-state index in [-0.39, 0.29) is 11.3 Å². The molecule has 4 aliphatic carbocycles. The lowest BCUT2D eigenvalue weighted by Crippen LogP contribution is -2.52. The molecule has 2 aromatic carbocycles. The maximum Gasteiger partial charge on any atom is 0.231 e. The standard InChI is InChI=1S/C33H38N4O3/c1-39-29-8-7-23(14-30(29)40-20-22-5-3-2-4-6-22)18-37-10-9-27-28(19-37)34-21-35-31(27)36-32(38)33-15-24-11-25(16-33)13-26(12-24)17-33/h2-8,14,21,24-26H,9-13,15-20H2,1H3,(H,34,35,36,38). The zero-order valence-corrected chi connectivity index (χ0v) is 23.3. The number of anilines is 1. The van der Waals surface area contributed by atoms with Gasteiger partial charge >= 0.3 is 0 Å². The minimum absolute atomic E-state index is 0.179. The Morgan fingerprint density at radius 1 is 0.975 bits per heavy atom. The predicted molar refractivity (Wildman–Crippen MR) is 153 cm³/mol. The summed E-state index contributed by atoms with van der Waals surface area (Å²) in [5.41, 5.74) is 4.21. The highest BCUT2D eigenvalue weighted by atomic mass is 16.5. The molecule has 208 valence electrons. The molecule has 8 rings (SSSR count). The Morgan fingerprint density at radius 2 is 1.73 bits per heavy atom. The minimum atomic E-state index is -0.179. The molecule has 7 heteroatoms. The van der Waals surface area contributed by atoms with Crippen LogP contribution in [0.4, 0.5) is 5.82 Å². The normalized spacial score (nSPS) is 26.8. The van der Waals surface area contributed by atoms with Crippen molar-refractivity contribution in [2.24, 2.45) is 23.2 Å². The summed E-state index contributed by atoms with van der Waals surface area (Å²) in [4.78, 5) is 25.3. The van der Waals surface area contributed by atoms with Crippen molar-refractivity contribution in [3.8, 4) is 11.5 Å². The van der Waals surface area contributed by atoms with Gasteiger partial charge in [0.2, 0.25) is 5.91 Å². The van der Waals surface area contributed by atoms with Crippen LogP contribution in [0.15, 0.2) is 54.9 Å². The largest absolute Gasteiger partial charge is 0.493 e. The fraction of sp³-hybridized carbons (Fsp3) is 0.485. The topological polar surface area (TPSA) is 76.6 Å². The molecular weight excluding hydrogens is 500 g/mol. The Kier molecular flexibility index (Phi) is 6.70. The van der Waals surface area contributed by atoms with Gasteiger partial charge in [-0.25, -0.2) is 9.97 Å². The van der Waals surface area contributed by atoms with Gasteiger partial charge in [0.15, 0.2) is 11.5 Å². The fourth-order valence-corrected chi connectivity index (χ4v) is 8.21. The van der Waals surface area contributed by atoms with E-state index < -0.39 is 0 Å². The monoisotopic (exact) mass is 538 g/mol. The Bertz CT molecular complexity index is 1360. The number of fused-ring (bicyclic) bond motifs is 1. The molecule has 0 atom stereocenters. The van der Waals surface area contributed by atoms with E-state index in [1.54, 1.807) is 13.4 Å². The highest BCUT2D eigenvalue weighted by Crippen LogP contribution is 2.60. The van der Waals surface area contributed by atoms with Crippen LogP contribution >= 0.6 is 0 Å². The van der Waals surface area contributed by atoms with Crippen LogP contribution in [0, 0.1) is 23.2 Å². The van der Waals surface area contributed by atoms with Gasteiger partial charge in [0.1, 0.15) is 18.8 Å². The smallest absolute Gasteiger partial charge is 0.231 e. The van der Waals surface area contributed by atoms with Crippen LogP contribution in [0.25, 0.3) is 0 Å². The number of rotatable bonds is 8. The Morgan fingerprint density at radius 3 is 2.45 bits per heavy atom. The molecule has 1 aliphatic heterocycles. The second-order valence-electron chi connectivity index (χ2n) is 12.5. The lowest BCUT2D eigenvalue weighted by Gasteiger charge is -2.55. The molecule has 7 nitrogen and oxygen atoms in total. The molecule has 0 radical (unpaired) electrons. The summed E-state index contributed by atoms with van der Waals surface area (Å²) in [6.45, 7) is 2.88. The number of amides is 1. The van der Waals surface area contributed by atoms with Gasteiger partial charge in [-0.1, -0.05) is 36.4 Å². The van der Waals surface area contributed by atoms with E-state index in [0.717, 1.165) is 103 Å². The second kappa shape index (κ2) is 10.5. The summed E-state index contributed by atoms with van der Waals surface area (Å²) >= 11 is 0. The predicted octanol–water partition coefficient (Wildman–Crippen LogP) is 5.78. The summed E-state index contributed by atoms with van der Waals surface area (Å²) in [7, 11) is 1.67. The number of carbonyl (C=O) groups excluding carboxylic acids is 1. The van der Waals surface area contributed by atoms with Gasteiger partial charge in [0, 0.05) is 25.2 Å². The highest BCUT2D eigenvalue weighted by Gasteiger charge is 2.54. The van der Waals surface area contributed by atoms with Crippen molar-refractivity contribution in [3.05, 3.63) is 77.2 Å². The van der Waals surface area contributed by atoms with Crippen LogP contribution in [-0.2, 0) is 30.9 Å². The third kappa shape index (κ3) is 4.96. The molecule has 1 N–H and O–H groups in total. The lowest BCUT2D eigenvalue weighted by molar-refractivity contribution is -0.140. The molecule has 0 unspecified atom stereocenters. The molecule has 1 aromatic heterocycles. The molecule has 1 amide bonds. The molecule has 4 bridgehead atoms. The summed E-state index contributed by atoms with van der Waals surface area (Å²) in [5, 5.41) is 3.30. The van der Waals surface area contributed by atoms with Gasteiger partial charge in [-0.2, -0.15) is 0 Å². The zero-order chi connectivity index (χ0) is 27.1. The number of ether oxygens (including phenoxy) is 2. The quantitative estimate of drug-likeness (QED) is 0.392. The van der Waals surface area contributed by atoms with Crippen molar-refractivity contribution in [2.75, 3.05) is 19.0 Å². The summed E-state index contributed by atoms with van der Waals surface area (Å²) in [6, 6.07) is 16.3. The van der Waals surface area contributed by atoms with E-state index in [1.165, 1.54) is 19.3 Å². The average molecular weight is 539 g/mol. The van der Waals surface area contributed by atoms with Crippen LogP contribution in [0.3, 0.4) is 0 Å². The van der Waals surface area contributed by atoms with Gasteiger partial charge in [-0.05, 0) is 86.0 Å². The van der Waals surface area contributed by atoms with Crippen molar-refractivity contribution in [3.63, 3.8) is 0 Å². The lowest BCUT2D eigenvalue weighted by atomic mass is 9.49. The number of aromatic nitrogens is 2. The van der Waals surface area contributed by atoms with Crippen molar-refractivity contribution in [1.29, 1.82) is 0 Å². The number of methoxy groups -OCH3 is 1. The third-order valence-electron chi connectivity index (χ3n) is 9.71. The van der Waals surface area contributed by atoms with E-state index in [9.17, 15) is 4.79 Å². The third-order valence-corrected chi connectivity index (χ3v) is 9.71. The second-order valence-corrected chi connectivity index (χ2v) is 12.5. The van der Waals surface area contributed by atoms with Crippen molar-refractivity contribution in [1.82, 2.24) is 14.9 Å². The van der Waals surface area contributed by atoms with Crippen LogP contribution in [0.2, 0.25) is 0 Å². The first-order valence-electron chi connectivity index (χ1n) is 14.8. The average Bonchev–Trinajstić information content (AvgIpc) is 2.96. The first kappa shape index (κ1) is 25.5. The Balaban J connectivity index is 1.02. The molecule has 2 heterocycles. The van der Waals surface area contributed by atoms with Crippen molar-refractivity contribution in [2.45, 2.75) is 64.6 Å². The Labute approximate surface area is 236 Å². The maximum atomic E-state index is 13.7. The number of nitrogens with zero attached hydrogens (tertiary/aromatic N) is 3. The van der Waals surface area contributed by atoms with Crippen LogP contribution < -0.4 is 14.8 Å². The molecular formula is C33H38N4O3. The Hall–Kier alpha value is -3.45. The highest BCUT2D eigenvalue weighted by molar-refractivity contribution is 5.95. The fourth-order valence-electron chi connectivity index (χ4n) is 8.21. The summed E-state index contributed by atoms with van der Waals surface area (Å²) in [5.74, 6) is 4.64. The van der Waals surface area contributed by atoms with E-state index in [2.05, 4.69) is 44.5 Å². The van der Waals surface area contributed by atoms with E-state index in [1.807, 2.05) is 24.3 Å². The number of benzene rings is 2. The van der Waals surface area contributed by atoms with Crippen LogP contribution in [-0.4, -0.2) is 34.4 Å².